The number of methoxy groups -OCH3 is 6. The second kappa shape index (κ2) is 41.2. The molecule has 0 radical (unpaired) electrons. The lowest BCUT2D eigenvalue weighted by atomic mass is 9.92. The molecule has 6 aliphatic rings. The fraction of sp³-hybridized carbons (Fsp3) is 0.505. The summed E-state index contributed by atoms with van der Waals surface area (Å²) >= 11 is 0. The van der Waals surface area contributed by atoms with Crippen molar-refractivity contribution in [3.8, 4) is 56.3 Å². The Bertz CT molecular complexity index is 6010. The van der Waals surface area contributed by atoms with Gasteiger partial charge >= 0.3 is 36.4 Å². The number of nitrogens with zero attached hydrogens (tertiary/aromatic N) is 8. The first-order valence-corrected chi connectivity index (χ1v) is 46.1. The number of carboxylic acids is 1. The van der Waals surface area contributed by atoms with Gasteiger partial charge in [-0.25, -0.2) is 48.7 Å². The van der Waals surface area contributed by atoms with Gasteiger partial charge in [-0.2, -0.15) is 0 Å². The van der Waals surface area contributed by atoms with Crippen LogP contribution in [0.2, 0.25) is 0 Å². The molecule has 4 fully saturated rings. The number of hydrogen-bond acceptors (Lipinski definition) is 22. The summed E-state index contributed by atoms with van der Waals surface area (Å²) in [7, 11) is 8.42. The van der Waals surface area contributed by atoms with Crippen molar-refractivity contribution in [3.05, 3.63) is 132 Å². The van der Waals surface area contributed by atoms with E-state index in [9.17, 15) is 43.2 Å². The molecule has 716 valence electrons. The van der Waals surface area contributed by atoms with E-state index in [1.54, 1.807) is 33.0 Å². The number of aromatic nitrogens is 8. The summed E-state index contributed by atoms with van der Waals surface area (Å²) in [6.07, 6.45) is 5.01. The van der Waals surface area contributed by atoms with Gasteiger partial charge in [0.15, 0.2) is 0 Å². The standard InChI is InChI=1S/C47H58N8O8.C45H55N7O7.C7H13NO4/c1-9-26(5)40(53-47(59)62-8)45(57)54-20-25(4)14-36(54)42-48-19-35(50-42)29-10-12-31-30(16-29)23-63-38-18-32-28(17-33(31)38)11-13-34-41(32)51-43(49-34)37-15-27(22-60-6)21-55(37)44(56)39(24(2)3)52-46(58)61-7;1-9-25(3)38(50-43(54)57-8)42(53)51-20-24(2)14-35(51)40-46-19-34(48-40)28-10-12-30-29(16-28)23-58-37-18-31-27(17-32(30)37)11-13-33-39(31)49-41(47-33)36-15-26(22-56-7)21-52(36)44(55)59-45(4,5)6;1-4(2)5(6(9)10)8-7(11)12-3/h10-13,16-19,24-27,36-37,39-40H,9,14-15,20-23H2,1-8H3,(H,48,50)(H,49,51)(H,52,58)(H,53,59);10-13,16-19,24-26,35-36,38H,9,14-15,20-23H2,1-8H3,(H,46,48)(H,47,49)(H,50,54);4-5H,1-3H3,(H,8,11)(H,9,10)/t25-,26-,27-,36?,37-,39-,40-;24-,25-,26-,35?,36-,38-;/m00./s1. The first kappa shape index (κ1) is 97.0. The molecule has 10 heterocycles. The first-order valence-electron chi connectivity index (χ1n) is 46.1. The smallest absolute Gasteiger partial charge is 0.410 e. The molecule has 3 unspecified atom stereocenters. The highest BCUT2D eigenvalue weighted by molar-refractivity contribution is 6.08. The van der Waals surface area contributed by atoms with Crippen LogP contribution in [-0.4, -0.2) is 231 Å². The minimum atomic E-state index is -1.06. The highest BCUT2D eigenvalue weighted by Gasteiger charge is 2.46. The summed E-state index contributed by atoms with van der Waals surface area (Å²) < 4.78 is 48.5. The van der Waals surface area contributed by atoms with E-state index in [-0.39, 0.29) is 95.3 Å². The second-order valence-corrected chi connectivity index (χ2v) is 38.0. The number of H-pyrrole nitrogens is 4. The lowest BCUT2D eigenvalue weighted by Gasteiger charge is -2.30. The van der Waals surface area contributed by atoms with E-state index in [1.165, 1.54) is 28.4 Å². The van der Waals surface area contributed by atoms with Crippen molar-refractivity contribution < 1.29 is 90.9 Å². The number of fused-ring (bicyclic) bond motifs is 12. The van der Waals surface area contributed by atoms with E-state index in [1.807, 2.05) is 102 Å². The summed E-state index contributed by atoms with van der Waals surface area (Å²) in [5.74, 6) is 3.17. The average molecular weight is 1840 g/mol. The van der Waals surface area contributed by atoms with E-state index in [2.05, 4.69) is 133 Å². The Kier molecular flexibility index (Phi) is 29.8. The first-order chi connectivity index (χ1) is 64.0. The van der Waals surface area contributed by atoms with Gasteiger partial charge in [0.2, 0.25) is 17.7 Å². The molecule has 10 aromatic rings. The van der Waals surface area contributed by atoms with Gasteiger partial charge < -0.3 is 104 Å². The number of rotatable bonds is 24. The van der Waals surface area contributed by atoms with Gasteiger partial charge in [0.1, 0.15) is 77.8 Å². The van der Waals surface area contributed by atoms with Gasteiger partial charge in [-0.1, -0.05) is 118 Å². The molecular weight excluding hydrogens is 1720 g/mol. The van der Waals surface area contributed by atoms with E-state index >= 15 is 0 Å². The predicted octanol–water partition coefficient (Wildman–Crippen LogP) is 16.0. The Morgan fingerprint density at radius 1 is 0.463 bits per heavy atom. The highest BCUT2D eigenvalue weighted by Crippen LogP contribution is 2.48. The maximum Gasteiger partial charge on any atom is 0.410 e. The molecule has 4 aromatic heterocycles. The van der Waals surface area contributed by atoms with Gasteiger partial charge in [0, 0.05) is 74.1 Å². The van der Waals surface area contributed by atoms with Crippen LogP contribution < -0.4 is 30.7 Å². The molecule has 9 N–H and O–H groups in total. The molecule has 6 aromatic carbocycles. The molecule has 14 atom stereocenters. The number of amides is 8. The van der Waals surface area contributed by atoms with Crippen LogP contribution in [0.3, 0.4) is 0 Å². The minimum Gasteiger partial charge on any atom is -0.488 e. The molecule has 6 aliphatic heterocycles. The number of aromatic amines is 4. The zero-order valence-electron chi connectivity index (χ0n) is 79.7. The van der Waals surface area contributed by atoms with Crippen LogP contribution in [0.1, 0.15) is 187 Å². The fourth-order valence-electron chi connectivity index (χ4n) is 19.2. The van der Waals surface area contributed by atoms with E-state index in [0.717, 1.165) is 155 Å². The van der Waals surface area contributed by atoms with Crippen molar-refractivity contribution >= 4 is 97.8 Å². The molecule has 0 bridgehead atoms. The number of nitrogens with one attached hydrogen (secondary N) is 8. The van der Waals surface area contributed by atoms with Gasteiger partial charge in [0.25, 0.3) is 0 Å². The van der Waals surface area contributed by atoms with E-state index in [0.29, 0.717) is 70.7 Å². The number of alkyl carbamates (subject to hydrolysis) is 4. The summed E-state index contributed by atoms with van der Waals surface area (Å²) in [5, 5.41) is 23.0. The van der Waals surface area contributed by atoms with Crippen LogP contribution in [0.5, 0.6) is 11.5 Å². The molecule has 0 saturated carbocycles. The van der Waals surface area contributed by atoms with Gasteiger partial charge in [0.05, 0.1) is 112 Å². The van der Waals surface area contributed by atoms with Crippen molar-refractivity contribution in [1.29, 1.82) is 0 Å². The van der Waals surface area contributed by atoms with Crippen LogP contribution >= 0.6 is 0 Å². The molecule has 35 nitrogen and oxygen atoms in total. The SMILES string of the molecule is CC[C@H](C)[C@H](NC(=O)OC)C(=O)N1C[C@@H](C)CC1c1ncc(-c2ccc3c(c2)COc2cc4c(ccc5[nH]c([C@@H]6C[C@H](COC)CN6C(=O)OC(C)(C)C)nc54)cc2-3)[nH]1.CC[C@H](C)[C@H](NC(=O)OC)C(=O)N1C[C@@H](C)CC1c1ncc(-c2ccc3c(c2)COc2cc4c(ccc5[nH]c([C@@H]6C[C@H](COC)CN6C(=O)[C@@H](NC(=O)OC)C(C)C)nc54)cc2-3)[nH]1.COC(=O)NC(C(=O)O)C(C)C. The monoisotopic (exact) mass is 1840 g/mol. The van der Waals surface area contributed by atoms with Gasteiger partial charge in [-0.15, -0.1) is 0 Å². The van der Waals surface area contributed by atoms with E-state index in [4.69, 9.17) is 62.9 Å². The summed E-state index contributed by atoms with van der Waals surface area (Å²) in [6.45, 7) is 29.0. The molecule has 16 rings (SSSR count). The number of ether oxygens (including phenoxy) is 9. The number of benzene rings is 6. The molecule has 8 amide bonds. The summed E-state index contributed by atoms with van der Waals surface area (Å²) in [4.78, 5) is 154. The molecule has 0 aliphatic carbocycles. The summed E-state index contributed by atoms with van der Waals surface area (Å²) in [6, 6.07) is 25.2. The Morgan fingerprint density at radius 3 is 1.23 bits per heavy atom. The molecular formula is C99H126N16O19. The lowest BCUT2D eigenvalue weighted by molar-refractivity contribution is -0.140. The fourth-order valence-corrected chi connectivity index (χ4v) is 19.2. The Balaban J connectivity index is 0.000000192. The van der Waals surface area contributed by atoms with Crippen LogP contribution in [0.4, 0.5) is 24.0 Å². The van der Waals surface area contributed by atoms with E-state index < -0.39 is 60.1 Å². The number of carbonyl (C=O) groups excluding carboxylic acids is 8. The Labute approximate surface area is 778 Å². The molecule has 4 saturated heterocycles. The largest absolute Gasteiger partial charge is 0.488 e. The van der Waals surface area contributed by atoms with Crippen molar-refractivity contribution in [2.24, 2.45) is 47.3 Å². The van der Waals surface area contributed by atoms with Crippen LogP contribution in [0.15, 0.2) is 97.3 Å². The third-order valence-electron chi connectivity index (χ3n) is 26.5. The number of hydrogen-bond donors (Lipinski definition) is 9. The van der Waals surface area contributed by atoms with Crippen molar-refractivity contribution in [2.45, 2.75) is 196 Å². The minimum absolute atomic E-state index is 0.0690. The van der Waals surface area contributed by atoms with Crippen molar-refractivity contribution in [3.63, 3.8) is 0 Å². The second-order valence-electron chi connectivity index (χ2n) is 38.0. The number of imidazole rings is 4. The Morgan fingerprint density at radius 2 is 0.843 bits per heavy atom. The number of aliphatic carboxylic acids is 1. The van der Waals surface area contributed by atoms with Crippen LogP contribution in [0.25, 0.3) is 88.4 Å². The average Bonchev–Trinajstić information content (AvgIpc) is 1.43. The van der Waals surface area contributed by atoms with Gasteiger partial charge in [-0.05, 0) is 175 Å². The maximum absolute atomic E-state index is 14.1. The zero-order valence-corrected chi connectivity index (χ0v) is 79.7. The predicted molar refractivity (Wildman–Crippen MR) is 502 cm³/mol. The quantitative estimate of drug-likeness (QED) is 0.0254. The zero-order chi connectivity index (χ0) is 96.2. The number of carbonyl (C=O) groups is 9. The highest BCUT2D eigenvalue weighted by atomic mass is 16.6. The number of carboxylic acid groups (broad SMARTS) is 1. The van der Waals surface area contributed by atoms with Crippen LogP contribution in [-0.2, 0) is 65.5 Å². The van der Waals surface area contributed by atoms with Crippen LogP contribution in [0, 0.1) is 47.3 Å². The number of likely N-dealkylation sites (tertiary alicyclic amines) is 4. The summed E-state index contributed by atoms with van der Waals surface area (Å²) in [5.41, 5.74) is 12.6. The lowest BCUT2D eigenvalue weighted by Crippen LogP contribution is -2.51. The molecule has 134 heavy (non-hydrogen) atoms. The van der Waals surface area contributed by atoms with Crippen molar-refractivity contribution in [1.82, 2.24) is 80.7 Å². The molecule has 35 heteroatoms. The topological polar surface area (TPSA) is 433 Å². The third-order valence-corrected chi connectivity index (χ3v) is 26.5. The third kappa shape index (κ3) is 20.8. The molecule has 0 spiro atoms. The van der Waals surface area contributed by atoms with Crippen molar-refractivity contribution in [2.75, 3.05) is 82.1 Å². The normalized spacial score (nSPS) is 20.2. The van der Waals surface area contributed by atoms with Gasteiger partial charge in [-0.3, -0.25) is 19.3 Å². The maximum atomic E-state index is 14.1. The Hall–Kier alpha value is -13.1.